The Morgan fingerprint density at radius 3 is 2.42 bits per heavy atom. The number of carbonyl (C=O) groups is 1. The number of piperazine rings is 1. The van der Waals surface area contributed by atoms with Gasteiger partial charge < -0.3 is 9.88 Å². The van der Waals surface area contributed by atoms with Crippen LogP contribution < -0.4 is 10.9 Å². The molecule has 1 aliphatic rings. The van der Waals surface area contributed by atoms with Gasteiger partial charge in [-0.2, -0.15) is 0 Å². The van der Waals surface area contributed by atoms with Crippen molar-refractivity contribution in [3.8, 4) is 0 Å². The van der Waals surface area contributed by atoms with Crippen LogP contribution in [0, 0.1) is 0 Å². The van der Waals surface area contributed by atoms with E-state index in [0.29, 0.717) is 12.1 Å². The van der Waals surface area contributed by atoms with Crippen molar-refractivity contribution < 1.29 is 4.79 Å². The zero-order valence-electron chi connectivity index (χ0n) is 15.2. The van der Waals surface area contributed by atoms with Gasteiger partial charge in [-0.1, -0.05) is 30.3 Å². The molecule has 1 fully saturated rings. The highest BCUT2D eigenvalue weighted by Gasteiger charge is 2.17. The van der Waals surface area contributed by atoms with E-state index in [9.17, 15) is 9.59 Å². The van der Waals surface area contributed by atoms with Crippen LogP contribution in [0.25, 0.3) is 0 Å². The molecule has 1 amide bonds. The maximum Gasteiger partial charge on any atom is 0.251 e. The van der Waals surface area contributed by atoms with E-state index in [1.165, 1.54) is 16.2 Å². The van der Waals surface area contributed by atoms with Crippen molar-refractivity contribution in [2.75, 3.05) is 39.3 Å². The Labute approximate surface area is 154 Å². The van der Waals surface area contributed by atoms with Crippen molar-refractivity contribution in [2.45, 2.75) is 6.54 Å². The predicted molar refractivity (Wildman–Crippen MR) is 102 cm³/mol. The van der Waals surface area contributed by atoms with Crippen LogP contribution in [-0.4, -0.2) is 59.5 Å². The summed E-state index contributed by atoms with van der Waals surface area (Å²) in [7, 11) is 1.67. The first-order chi connectivity index (χ1) is 12.6. The standard InChI is InChI=1S/C20H26N4O2/c1-22-9-7-18(15-19(22)25)20(26)21-8-10-23-11-13-24(14-12-23)16-17-5-3-2-4-6-17/h2-7,9,15H,8,10-14,16H2,1H3,(H,21,26). The summed E-state index contributed by atoms with van der Waals surface area (Å²) in [4.78, 5) is 28.5. The van der Waals surface area contributed by atoms with Gasteiger partial charge in [-0.05, 0) is 11.6 Å². The van der Waals surface area contributed by atoms with Crippen LogP contribution in [0.1, 0.15) is 15.9 Å². The monoisotopic (exact) mass is 354 g/mol. The molecule has 138 valence electrons. The minimum atomic E-state index is -0.189. The van der Waals surface area contributed by atoms with Crippen molar-refractivity contribution in [2.24, 2.45) is 7.05 Å². The van der Waals surface area contributed by atoms with Gasteiger partial charge in [0, 0.05) is 70.7 Å². The summed E-state index contributed by atoms with van der Waals surface area (Å²) in [6.07, 6.45) is 1.61. The second-order valence-corrected chi connectivity index (χ2v) is 6.72. The van der Waals surface area contributed by atoms with Crippen LogP contribution in [-0.2, 0) is 13.6 Å². The van der Waals surface area contributed by atoms with Crippen LogP contribution in [0.3, 0.4) is 0 Å². The molecule has 0 atom stereocenters. The minimum Gasteiger partial charge on any atom is -0.351 e. The molecule has 3 rings (SSSR count). The zero-order chi connectivity index (χ0) is 18.4. The summed E-state index contributed by atoms with van der Waals surface area (Å²) in [5.74, 6) is -0.189. The van der Waals surface area contributed by atoms with Gasteiger partial charge in [0.15, 0.2) is 0 Å². The topological polar surface area (TPSA) is 57.6 Å². The van der Waals surface area contributed by atoms with Crippen molar-refractivity contribution in [1.82, 2.24) is 19.7 Å². The second kappa shape index (κ2) is 8.78. The van der Waals surface area contributed by atoms with E-state index in [0.717, 1.165) is 39.3 Å². The average Bonchev–Trinajstić information content (AvgIpc) is 2.66. The number of hydrogen-bond donors (Lipinski definition) is 1. The quantitative estimate of drug-likeness (QED) is 0.839. The number of aryl methyl sites for hydroxylation is 1. The number of rotatable bonds is 6. The maximum atomic E-state index is 12.1. The largest absolute Gasteiger partial charge is 0.351 e. The maximum absolute atomic E-state index is 12.1. The molecule has 0 bridgehead atoms. The van der Waals surface area contributed by atoms with Crippen LogP contribution >= 0.6 is 0 Å². The highest BCUT2D eigenvalue weighted by Crippen LogP contribution is 2.08. The SMILES string of the molecule is Cn1ccc(C(=O)NCCN2CCN(Cc3ccccc3)CC2)cc1=O. The van der Waals surface area contributed by atoms with E-state index in [4.69, 9.17) is 0 Å². The van der Waals surface area contributed by atoms with Gasteiger partial charge in [0.25, 0.3) is 11.5 Å². The number of nitrogens with zero attached hydrogens (tertiary/aromatic N) is 3. The van der Waals surface area contributed by atoms with Gasteiger partial charge >= 0.3 is 0 Å². The van der Waals surface area contributed by atoms with E-state index in [-0.39, 0.29) is 11.5 Å². The summed E-state index contributed by atoms with van der Waals surface area (Å²) in [6, 6.07) is 13.6. The van der Waals surface area contributed by atoms with Gasteiger partial charge in [0.2, 0.25) is 0 Å². The molecule has 0 spiro atoms. The Morgan fingerprint density at radius 1 is 1.04 bits per heavy atom. The molecule has 1 aliphatic heterocycles. The highest BCUT2D eigenvalue weighted by atomic mass is 16.2. The third-order valence-corrected chi connectivity index (χ3v) is 4.79. The van der Waals surface area contributed by atoms with Crippen LogP contribution in [0.2, 0.25) is 0 Å². The number of pyridine rings is 1. The fourth-order valence-electron chi connectivity index (χ4n) is 3.13. The third-order valence-electron chi connectivity index (χ3n) is 4.79. The fraction of sp³-hybridized carbons (Fsp3) is 0.400. The van der Waals surface area contributed by atoms with Crippen molar-refractivity contribution in [3.63, 3.8) is 0 Å². The summed E-state index contributed by atoms with van der Waals surface area (Å²) < 4.78 is 1.45. The second-order valence-electron chi connectivity index (χ2n) is 6.72. The number of hydrogen-bond acceptors (Lipinski definition) is 4. The summed E-state index contributed by atoms with van der Waals surface area (Å²) in [5, 5.41) is 2.90. The number of nitrogens with one attached hydrogen (secondary N) is 1. The first-order valence-corrected chi connectivity index (χ1v) is 9.05. The molecule has 1 saturated heterocycles. The molecular weight excluding hydrogens is 328 g/mol. The molecule has 0 unspecified atom stereocenters. The molecule has 2 aromatic rings. The Morgan fingerprint density at radius 2 is 1.73 bits per heavy atom. The molecule has 26 heavy (non-hydrogen) atoms. The first kappa shape index (κ1) is 18.4. The van der Waals surface area contributed by atoms with E-state index in [2.05, 4.69) is 39.4 Å². The summed E-state index contributed by atoms with van der Waals surface area (Å²) >= 11 is 0. The van der Waals surface area contributed by atoms with Gasteiger partial charge in [-0.3, -0.25) is 19.4 Å². The molecule has 0 radical (unpaired) electrons. The summed E-state index contributed by atoms with van der Waals surface area (Å²) in [5.41, 5.74) is 1.59. The molecule has 1 N–H and O–H groups in total. The molecule has 1 aromatic heterocycles. The van der Waals surface area contributed by atoms with E-state index in [1.54, 1.807) is 19.3 Å². The van der Waals surface area contributed by atoms with Gasteiger partial charge in [0.1, 0.15) is 0 Å². The van der Waals surface area contributed by atoms with Crippen LogP contribution in [0.5, 0.6) is 0 Å². The Bertz CT molecular complexity index is 780. The van der Waals surface area contributed by atoms with Crippen LogP contribution in [0.15, 0.2) is 53.5 Å². The Hall–Kier alpha value is -2.44. The zero-order valence-corrected chi connectivity index (χ0v) is 15.2. The van der Waals surface area contributed by atoms with Gasteiger partial charge in [-0.25, -0.2) is 0 Å². The molecule has 2 heterocycles. The lowest BCUT2D eigenvalue weighted by atomic mass is 10.2. The van der Waals surface area contributed by atoms with Gasteiger partial charge in [-0.15, -0.1) is 0 Å². The van der Waals surface area contributed by atoms with Crippen molar-refractivity contribution in [1.29, 1.82) is 0 Å². The molecule has 6 nitrogen and oxygen atoms in total. The van der Waals surface area contributed by atoms with Crippen molar-refractivity contribution in [3.05, 3.63) is 70.1 Å². The lowest BCUT2D eigenvalue weighted by Gasteiger charge is -2.34. The van der Waals surface area contributed by atoms with E-state index in [1.807, 2.05) is 6.07 Å². The smallest absolute Gasteiger partial charge is 0.251 e. The highest BCUT2D eigenvalue weighted by molar-refractivity contribution is 5.93. The Balaban J connectivity index is 1.38. The fourth-order valence-corrected chi connectivity index (χ4v) is 3.13. The third kappa shape index (κ3) is 5.03. The first-order valence-electron chi connectivity index (χ1n) is 9.05. The van der Waals surface area contributed by atoms with E-state index < -0.39 is 0 Å². The molecular formula is C20H26N4O2. The number of amides is 1. The molecule has 0 aliphatic carbocycles. The lowest BCUT2D eigenvalue weighted by molar-refractivity contribution is 0.0934. The minimum absolute atomic E-state index is 0.174. The average molecular weight is 354 g/mol. The molecule has 0 saturated carbocycles. The number of carbonyl (C=O) groups excluding carboxylic acids is 1. The lowest BCUT2D eigenvalue weighted by Crippen LogP contribution is -2.48. The molecule has 1 aromatic carbocycles. The number of benzene rings is 1. The summed E-state index contributed by atoms with van der Waals surface area (Å²) in [6.45, 7) is 6.51. The normalized spacial score (nSPS) is 15.7. The van der Waals surface area contributed by atoms with E-state index >= 15 is 0 Å². The Kier molecular flexibility index (Phi) is 6.20. The van der Waals surface area contributed by atoms with Crippen molar-refractivity contribution >= 4 is 5.91 Å². The molecule has 6 heteroatoms. The number of aromatic nitrogens is 1. The van der Waals surface area contributed by atoms with Gasteiger partial charge in [0.05, 0.1) is 0 Å². The van der Waals surface area contributed by atoms with Crippen LogP contribution in [0.4, 0.5) is 0 Å². The predicted octanol–water partition coefficient (Wildman–Crippen LogP) is 0.933.